The maximum Gasteiger partial charge on any atom is 0.163 e. The molecule has 0 bridgehead atoms. The lowest BCUT2D eigenvalue weighted by atomic mass is 10.0. The Morgan fingerprint density at radius 2 is 1.92 bits per heavy atom. The molecule has 0 radical (unpaired) electrons. The van der Waals surface area contributed by atoms with Crippen molar-refractivity contribution in [1.82, 2.24) is 10.2 Å². The first-order chi connectivity index (χ1) is 12.1. The smallest absolute Gasteiger partial charge is 0.163 e. The van der Waals surface area contributed by atoms with Crippen LogP contribution >= 0.6 is 0 Å². The molecule has 0 amide bonds. The van der Waals surface area contributed by atoms with E-state index in [9.17, 15) is 0 Å². The van der Waals surface area contributed by atoms with E-state index in [-0.39, 0.29) is 23.9 Å². The number of hydrogen-bond acceptors (Lipinski definition) is 6. The molecular weight excluding hydrogens is 332 g/mol. The fourth-order valence-electron chi connectivity index (χ4n) is 3.22. The van der Waals surface area contributed by atoms with Crippen molar-refractivity contribution >= 4 is 0 Å². The molecule has 0 saturated carbocycles. The zero-order chi connectivity index (χ0) is 19.8. The summed E-state index contributed by atoms with van der Waals surface area (Å²) in [7, 11) is 6.17. The quantitative estimate of drug-likeness (QED) is 0.522. The highest BCUT2D eigenvalue weighted by Gasteiger charge is 2.45. The topological polar surface area (TPSA) is 52.2 Å². The molecule has 6 nitrogen and oxygen atoms in total. The standard InChI is InChI=1S/C14H24O4.C6H16N2/c1-6-15-12(10-7-8-13(2,3)17-10)11-9-16-14(4,5)18-11;1-7-5-4-6-8(2)3/h6,10-12H,1,7-9H2,2-5H3;7H,4-6H2,1-3H3. The average molecular weight is 373 g/mol. The van der Waals surface area contributed by atoms with Crippen LogP contribution in [0, 0.1) is 0 Å². The van der Waals surface area contributed by atoms with Gasteiger partial charge in [-0.05, 0) is 81.2 Å². The molecule has 0 aliphatic carbocycles. The Balaban J connectivity index is 0.000000359. The zero-order valence-electron chi connectivity index (χ0n) is 17.8. The van der Waals surface area contributed by atoms with Crippen molar-refractivity contribution in [2.24, 2.45) is 0 Å². The van der Waals surface area contributed by atoms with Gasteiger partial charge in [-0.1, -0.05) is 6.58 Å². The summed E-state index contributed by atoms with van der Waals surface area (Å²) in [5.74, 6) is -0.540. The highest BCUT2D eigenvalue weighted by molar-refractivity contribution is 4.92. The summed E-state index contributed by atoms with van der Waals surface area (Å²) in [6.45, 7) is 14.5. The van der Waals surface area contributed by atoms with Crippen LogP contribution in [0.25, 0.3) is 0 Å². The predicted octanol–water partition coefficient (Wildman–Crippen LogP) is 2.78. The van der Waals surface area contributed by atoms with Crippen molar-refractivity contribution in [3.63, 3.8) is 0 Å². The SMILES string of the molecule is C=COC(C1CCC(C)(C)O1)C1COC(C)(C)O1.CNCCCN(C)C. The molecule has 0 aromatic rings. The summed E-state index contributed by atoms with van der Waals surface area (Å²) in [6.07, 6.45) is 4.51. The molecule has 6 heteroatoms. The molecule has 2 aliphatic heterocycles. The van der Waals surface area contributed by atoms with E-state index < -0.39 is 5.79 Å². The normalized spacial score (nSPS) is 27.7. The van der Waals surface area contributed by atoms with Crippen LogP contribution in [0.1, 0.15) is 47.0 Å². The molecular formula is C20H40N2O4. The van der Waals surface area contributed by atoms with Crippen molar-refractivity contribution in [3.8, 4) is 0 Å². The Kier molecular flexibility index (Phi) is 9.55. The summed E-state index contributed by atoms with van der Waals surface area (Å²) in [6, 6.07) is 0. The molecule has 3 atom stereocenters. The summed E-state index contributed by atoms with van der Waals surface area (Å²) in [5, 5.41) is 3.10. The van der Waals surface area contributed by atoms with Gasteiger partial charge in [-0.15, -0.1) is 0 Å². The second kappa shape index (κ2) is 10.6. The minimum Gasteiger partial charge on any atom is -0.493 e. The van der Waals surface area contributed by atoms with E-state index in [2.05, 4.69) is 44.7 Å². The lowest BCUT2D eigenvalue weighted by Gasteiger charge is -2.29. The monoisotopic (exact) mass is 372 g/mol. The van der Waals surface area contributed by atoms with E-state index in [4.69, 9.17) is 18.9 Å². The van der Waals surface area contributed by atoms with Crippen molar-refractivity contribution in [2.75, 3.05) is 40.8 Å². The van der Waals surface area contributed by atoms with Crippen LogP contribution in [0.3, 0.4) is 0 Å². The molecule has 0 aromatic heterocycles. The Labute approximate surface area is 160 Å². The number of hydrogen-bond donors (Lipinski definition) is 1. The van der Waals surface area contributed by atoms with Crippen LogP contribution in [-0.2, 0) is 18.9 Å². The van der Waals surface area contributed by atoms with Gasteiger partial charge in [0.1, 0.15) is 6.10 Å². The summed E-state index contributed by atoms with van der Waals surface area (Å²) in [4.78, 5) is 2.19. The minimum atomic E-state index is -0.540. The van der Waals surface area contributed by atoms with Crippen LogP contribution in [0.4, 0.5) is 0 Å². The van der Waals surface area contributed by atoms with Crippen LogP contribution < -0.4 is 5.32 Å². The van der Waals surface area contributed by atoms with Gasteiger partial charge in [0.25, 0.3) is 0 Å². The maximum atomic E-state index is 6.04. The summed E-state index contributed by atoms with van der Waals surface area (Å²) < 4.78 is 23.1. The van der Waals surface area contributed by atoms with Gasteiger partial charge in [0.2, 0.25) is 0 Å². The predicted molar refractivity (Wildman–Crippen MR) is 105 cm³/mol. The van der Waals surface area contributed by atoms with Gasteiger partial charge >= 0.3 is 0 Å². The second-order valence-corrected chi connectivity index (χ2v) is 8.35. The number of ether oxygens (including phenoxy) is 4. The fourth-order valence-corrected chi connectivity index (χ4v) is 3.22. The summed E-state index contributed by atoms with van der Waals surface area (Å²) in [5.41, 5.74) is -0.0809. The van der Waals surface area contributed by atoms with Gasteiger partial charge in [0, 0.05) is 0 Å². The zero-order valence-corrected chi connectivity index (χ0v) is 17.8. The third kappa shape index (κ3) is 8.35. The molecule has 2 heterocycles. The van der Waals surface area contributed by atoms with Crippen molar-refractivity contribution < 1.29 is 18.9 Å². The lowest BCUT2D eigenvalue weighted by Crippen LogP contribution is -2.42. The third-order valence-corrected chi connectivity index (χ3v) is 4.55. The van der Waals surface area contributed by atoms with E-state index in [0.29, 0.717) is 6.61 Å². The largest absolute Gasteiger partial charge is 0.493 e. The van der Waals surface area contributed by atoms with Gasteiger partial charge in [-0.25, -0.2) is 0 Å². The first-order valence-corrected chi connectivity index (χ1v) is 9.65. The Bertz CT molecular complexity index is 387. The Morgan fingerprint density at radius 1 is 1.23 bits per heavy atom. The van der Waals surface area contributed by atoms with Gasteiger partial charge in [0.15, 0.2) is 11.9 Å². The van der Waals surface area contributed by atoms with E-state index in [1.165, 1.54) is 19.2 Å². The van der Waals surface area contributed by atoms with Gasteiger partial charge in [0.05, 0.1) is 24.6 Å². The van der Waals surface area contributed by atoms with E-state index in [1.54, 1.807) is 0 Å². The molecule has 0 aromatic carbocycles. The van der Waals surface area contributed by atoms with Crippen LogP contribution in [0.15, 0.2) is 12.8 Å². The van der Waals surface area contributed by atoms with Crippen molar-refractivity contribution in [1.29, 1.82) is 0 Å². The fraction of sp³-hybridized carbons (Fsp3) is 0.900. The number of nitrogens with zero attached hydrogens (tertiary/aromatic N) is 1. The molecule has 2 rings (SSSR count). The Morgan fingerprint density at radius 3 is 2.35 bits per heavy atom. The molecule has 154 valence electrons. The van der Waals surface area contributed by atoms with E-state index in [0.717, 1.165) is 19.4 Å². The van der Waals surface area contributed by atoms with Gasteiger partial charge in [-0.3, -0.25) is 0 Å². The average Bonchev–Trinajstić information content (AvgIpc) is 3.07. The first-order valence-electron chi connectivity index (χ1n) is 9.65. The highest BCUT2D eigenvalue weighted by Crippen LogP contribution is 2.36. The third-order valence-electron chi connectivity index (χ3n) is 4.55. The van der Waals surface area contributed by atoms with Crippen LogP contribution in [0.5, 0.6) is 0 Å². The van der Waals surface area contributed by atoms with Crippen molar-refractivity contribution in [2.45, 2.75) is 76.7 Å². The van der Waals surface area contributed by atoms with E-state index >= 15 is 0 Å². The molecule has 2 saturated heterocycles. The van der Waals surface area contributed by atoms with Gasteiger partial charge in [-0.2, -0.15) is 0 Å². The lowest BCUT2D eigenvalue weighted by molar-refractivity contribution is -0.168. The molecule has 3 unspecified atom stereocenters. The summed E-state index contributed by atoms with van der Waals surface area (Å²) >= 11 is 0. The molecule has 1 N–H and O–H groups in total. The molecule has 2 aliphatic rings. The minimum absolute atomic E-state index is 0.0421. The number of nitrogens with one attached hydrogen (secondary N) is 1. The van der Waals surface area contributed by atoms with E-state index in [1.807, 2.05) is 20.9 Å². The second-order valence-electron chi connectivity index (χ2n) is 8.35. The van der Waals surface area contributed by atoms with Crippen LogP contribution in [0.2, 0.25) is 0 Å². The van der Waals surface area contributed by atoms with Gasteiger partial charge < -0.3 is 29.2 Å². The highest BCUT2D eigenvalue weighted by atomic mass is 16.8. The molecule has 0 spiro atoms. The molecule has 2 fully saturated rings. The van der Waals surface area contributed by atoms with Crippen LogP contribution in [-0.4, -0.2) is 75.4 Å². The maximum absolute atomic E-state index is 6.04. The molecule has 26 heavy (non-hydrogen) atoms. The van der Waals surface area contributed by atoms with Crippen molar-refractivity contribution in [3.05, 3.63) is 12.8 Å². The Hall–Kier alpha value is -0.660. The first kappa shape index (κ1) is 23.4. The number of rotatable bonds is 8.